The van der Waals surface area contributed by atoms with Gasteiger partial charge >= 0.3 is 0 Å². The van der Waals surface area contributed by atoms with Gasteiger partial charge in [-0.2, -0.15) is 0 Å². The lowest BCUT2D eigenvalue weighted by atomic mass is 9.97. The number of carbonyl (C=O) groups is 1. The van der Waals surface area contributed by atoms with Crippen LogP contribution in [0.25, 0.3) is 0 Å². The van der Waals surface area contributed by atoms with E-state index in [0.717, 1.165) is 31.2 Å². The van der Waals surface area contributed by atoms with Gasteiger partial charge in [0.1, 0.15) is 0 Å². The van der Waals surface area contributed by atoms with Gasteiger partial charge in [-0.15, -0.1) is 0 Å². The molecular weight excluding hydrogens is 240 g/mol. The standard InChI is InChI=1S/C15H20N2O2/c16-12-6-3-7-13(12)17-15(18)14-11-5-2-1-4-10(11)8-9-19-14/h1-2,4-5,12-14H,3,6-9,16H2,(H,17,18). The molecule has 4 nitrogen and oxygen atoms in total. The summed E-state index contributed by atoms with van der Waals surface area (Å²) in [6.45, 7) is 0.603. The van der Waals surface area contributed by atoms with Crippen molar-refractivity contribution in [3.63, 3.8) is 0 Å². The summed E-state index contributed by atoms with van der Waals surface area (Å²) in [5.74, 6) is -0.0468. The highest BCUT2D eigenvalue weighted by Crippen LogP contribution is 2.28. The van der Waals surface area contributed by atoms with Crippen molar-refractivity contribution in [2.45, 2.75) is 43.9 Å². The van der Waals surface area contributed by atoms with Crippen LogP contribution in [0.5, 0.6) is 0 Å². The van der Waals surface area contributed by atoms with Gasteiger partial charge in [0.25, 0.3) is 5.91 Å². The molecule has 3 unspecified atom stereocenters. The Morgan fingerprint density at radius 2 is 2.16 bits per heavy atom. The van der Waals surface area contributed by atoms with Crippen LogP contribution in [0.2, 0.25) is 0 Å². The predicted molar refractivity (Wildman–Crippen MR) is 72.6 cm³/mol. The predicted octanol–water partition coefficient (Wildman–Crippen LogP) is 1.30. The number of nitrogens with one attached hydrogen (secondary N) is 1. The molecule has 0 aromatic heterocycles. The molecule has 0 spiro atoms. The summed E-state index contributed by atoms with van der Waals surface area (Å²) in [5, 5.41) is 3.05. The molecule has 3 N–H and O–H groups in total. The molecular formula is C15H20N2O2. The van der Waals surface area contributed by atoms with Crippen LogP contribution < -0.4 is 11.1 Å². The zero-order valence-corrected chi connectivity index (χ0v) is 11.0. The van der Waals surface area contributed by atoms with E-state index in [1.165, 1.54) is 5.56 Å². The summed E-state index contributed by atoms with van der Waals surface area (Å²) in [4.78, 5) is 12.4. The van der Waals surface area contributed by atoms with E-state index in [1.807, 2.05) is 18.2 Å². The van der Waals surface area contributed by atoms with Crippen LogP contribution in [0.1, 0.15) is 36.5 Å². The maximum absolute atomic E-state index is 12.4. The van der Waals surface area contributed by atoms with Gasteiger partial charge in [0.05, 0.1) is 6.61 Å². The Morgan fingerprint density at radius 1 is 1.32 bits per heavy atom. The number of rotatable bonds is 2. The van der Waals surface area contributed by atoms with E-state index >= 15 is 0 Å². The molecule has 0 saturated heterocycles. The van der Waals surface area contributed by atoms with Crippen LogP contribution in [0, 0.1) is 0 Å². The second kappa shape index (κ2) is 5.31. The number of hydrogen-bond acceptors (Lipinski definition) is 3. The van der Waals surface area contributed by atoms with Crippen LogP contribution in [0.4, 0.5) is 0 Å². The van der Waals surface area contributed by atoms with Gasteiger partial charge in [0.2, 0.25) is 0 Å². The largest absolute Gasteiger partial charge is 0.363 e. The molecule has 1 aliphatic carbocycles. The van der Waals surface area contributed by atoms with Gasteiger partial charge in [0, 0.05) is 12.1 Å². The van der Waals surface area contributed by atoms with E-state index in [2.05, 4.69) is 11.4 Å². The second-order valence-electron chi connectivity index (χ2n) is 5.41. The van der Waals surface area contributed by atoms with Gasteiger partial charge in [-0.1, -0.05) is 24.3 Å². The summed E-state index contributed by atoms with van der Waals surface area (Å²) in [5.41, 5.74) is 8.21. The lowest BCUT2D eigenvalue weighted by Crippen LogP contribution is -2.46. The minimum Gasteiger partial charge on any atom is -0.363 e. The van der Waals surface area contributed by atoms with Crippen LogP contribution in [-0.2, 0) is 16.0 Å². The van der Waals surface area contributed by atoms with Crippen molar-refractivity contribution in [3.05, 3.63) is 35.4 Å². The van der Waals surface area contributed by atoms with Gasteiger partial charge in [0.15, 0.2) is 6.10 Å². The fraction of sp³-hybridized carbons (Fsp3) is 0.533. The lowest BCUT2D eigenvalue weighted by molar-refractivity contribution is -0.134. The molecule has 4 heteroatoms. The minimum atomic E-state index is -0.474. The number of ether oxygens (including phenoxy) is 1. The Hall–Kier alpha value is -1.39. The Balaban J connectivity index is 1.74. The van der Waals surface area contributed by atoms with Gasteiger partial charge in [-0.25, -0.2) is 0 Å². The Kier molecular flexibility index (Phi) is 3.53. The molecule has 3 rings (SSSR count). The number of fused-ring (bicyclic) bond motifs is 1. The first kappa shape index (κ1) is 12.6. The fourth-order valence-corrected chi connectivity index (χ4v) is 3.04. The summed E-state index contributed by atoms with van der Waals surface area (Å²) < 4.78 is 5.66. The Bertz CT molecular complexity index is 475. The fourth-order valence-electron chi connectivity index (χ4n) is 3.04. The molecule has 2 aliphatic rings. The SMILES string of the molecule is NC1CCCC1NC(=O)C1OCCc2ccccc21. The first-order chi connectivity index (χ1) is 9.25. The van der Waals surface area contributed by atoms with Crippen molar-refractivity contribution >= 4 is 5.91 Å². The molecule has 19 heavy (non-hydrogen) atoms. The van der Waals surface area contributed by atoms with Crippen LogP contribution in [0.15, 0.2) is 24.3 Å². The highest BCUT2D eigenvalue weighted by atomic mass is 16.5. The van der Waals surface area contributed by atoms with E-state index in [1.54, 1.807) is 0 Å². The van der Waals surface area contributed by atoms with Crippen molar-refractivity contribution in [2.24, 2.45) is 5.73 Å². The summed E-state index contributed by atoms with van der Waals surface area (Å²) in [6, 6.07) is 8.20. The molecule has 1 heterocycles. The highest BCUT2D eigenvalue weighted by Gasteiger charge is 2.31. The van der Waals surface area contributed by atoms with Crippen LogP contribution in [0.3, 0.4) is 0 Å². The van der Waals surface area contributed by atoms with Gasteiger partial charge < -0.3 is 15.8 Å². The van der Waals surface area contributed by atoms with Crippen molar-refractivity contribution in [3.8, 4) is 0 Å². The molecule has 102 valence electrons. The number of carbonyl (C=O) groups excluding carboxylic acids is 1. The summed E-state index contributed by atoms with van der Waals surface area (Å²) >= 11 is 0. The third kappa shape index (κ3) is 2.51. The van der Waals surface area contributed by atoms with Gasteiger partial charge in [-0.05, 0) is 36.8 Å². The minimum absolute atomic E-state index is 0.0468. The molecule has 1 aromatic carbocycles. The molecule has 0 radical (unpaired) electrons. The third-order valence-corrected chi connectivity index (χ3v) is 4.13. The quantitative estimate of drug-likeness (QED) is 0.842. The zero-order chi connectivity index (χ0) is 13.2. The van der Waals surface area contributed by atoms with Crippen LogP contribution in [-0.4, -0.2) is 24.6 Å². The Labute approximate surface area is 113 Å². The van der Waals surface area contributed by atoms with Crippen molar-refractivity contribution in [1.82, 2.24) is 5.32 Å². The summed E-state index contributed by atoms with van der Waals surface area (Å²) in [7, 11) is 0. The molecule has 1 fully saturated rings. The third-order valence-electron chi connectivity index (χ3n) is 4.13. The van der Waals surface area contributed by atoms with Crippen molar-refractivity contribution in [1.29, 1.82) is 0 Å². The first-order valence-corrected chi connectivity index (χ1v) is 7.01. The molecule has 3 atom stereocenters. The second-order valence-corrected chi connectivity index (χ2v) is 5.41. The van der Waals surface area contributed by atoms with Crippen LogP contribution >= 0.6 is 0 Å². The molecule has 0 bridgehead atoms. The highest BCUT2D eigenvalue weighted by molar-refractivity contribution is 5.83. The Morgan fingerprint density at radius 3 is 2.95 bits per heavy atom. The average molecular weight is 260 g/mol. The number of hydrogen-bond donors (Lipinski definition) is 2. The van der Waals surface area contributed by atoms with Crippen molar-refractivity contribution < 1.29 is 9.53 Å². The maximum atomic E-state index is 12.4. The number of amides is 1. The van der Waals surface area contributed by atoms with E-state index in [9.17, 15) is 4.79 Å². The van der Waals surface area contributed by atoms with E-state index < -0.39 is 6.10 Å². The number of benzene rings is 1. The molecule has 1 aromatic rings. The van der Waals surface area contributed by atoms with Crippen molar-refractivity contribution in [2.75, 3.05) is 6.61 Å². The lowest BCUT2D eigenvalue weighted by Gasteiger charge is -2.27. The van der Waals surface area contributed by atoms with Gasteiger partial charge in [-0.3, -0.25) is 4.79 Å². The molecule has 1 aliphatic heterocycles. The summed E-state index contributed by atoms with van der Waals surface area (Å²) in [6.07, 6.45) is 3.46. The molecule has 1 amide bonds. The number of nitrogens with two attached hydrogens (primary N) is 1. The van der Waals surface area contributed by atoms with E-state index in [0.29, 0.717) is 6.61 Å². The zero-order valence-electron chi connectivity index (χ0n) is 11.0. The molecule has 1 saturated carbocycles. The monoisotopic (exact) mass is 260 g/mol. The van der Waals surface area contributed by atoms with E-state index in [-0.39, 0.29) is 18.0 Å². The first-order valence-electron chi connectivity index (χ1n) is 7.01. The maximum Gasteiger partial charge on any atom is 0.254 e. The smallest absolute Gasteiger partial charge is 0.254 e. The van der Waals surface area contributed by atoms with E-state index in [4.69, 9.17) is 10.5 Å². The normalized spacial score (nSPS) is 29.8. The average Bonchev–Trinajstić information content (AvgIpc) is 2.83. The topological polar surface area (TPSA) is 64.3 Å².